The van der Waals surface area contributed by atoms with Gasteiger partial charge < -0.3 is 15.3 Å². The Morgan fingerprint density at radius 2 is 2.16 bits per heavy atom. The number of nitrogens with zero attached hydrogens (tertiary/aromatic N) is 1. The summed E-state index contributed by atoms with van der Waals surface area (Å²) < 4.78 is 0. The van der Waals surface area contributed by atoms with Gasteiger partial charge in [0.05, 0.1) is 5.41 Å². The van der Waals surface area contributed by atoms with E-state index in [9.17, 15) is 14.7 Å². The molecular formula is C14H24N2O3. The fraction of sp³-hybridized carbons (Fsp3) is 0.857. The zero-order chi connectivity index (χ0) is 13.9. The van der Waals surface area contributed by atoms with E-state index in [4.69, 9.17) is 0 Å². The fourth-order valence-corrected chi connectivity index (χ4v) is 3.34. The Hall–Kier alpha value is -1.10. The third-order valence-corrected chi connectivity index (χ3v) is 4.65. The van der Waals surface area contributed by atoms with Gasteiger partial charge in [0.1, 0.15) is 6.04 Å². The van der Waals surface area contributed by atoms with Crippen LogP contribution in [0.15, 0.2) is 0 Å². The Morgan fingerprint density at radius 1 is 1.37 bits per heavy atom. The molecule has 2 fully saturated rings. The number of carboxylic acid groups (broad SMARTS) is 1. The van der Waals surface area contributed by atoms with Gasteiger partial charge in [0.15, 0.2) is 0 Å². The van der Waals surface area contributed by atoms with Crippen LogP contribution in [0.25, 0.3) is 0 Å². The summed E-state index contributed by atoms with van der Waals surface area (Å²) in [5, 5.41) is 12.6. The van der Waals surface area contributed by atoms with Gasteiger partial charge >= 0.3 is 5.97 Å². The van der Waals surface area contributed by atoms with Gasteiger partial charge in [-0.25, -0.2) is 4.79 Å². The van der Waals surface area contributed by atoms with E-state index in [0.29, 0.717) is 19.5 Å². The quantitative estimate of drug-likeness (QED) is 0.808. The number of nitrogens with one attached hydrogen (secondary N) is 1. The number of likely N-dealkylation sites (tertiary alicyclic amines) is 1. The molecule has 0 aromatic rings. The van der Waals surface area contributed by atoms with Gasteiger partial charge in [-0.2, -0.15) is 0 Å². The van der Waals surface area contributed by atoms with E-state index in [2.05, 4.69) is 5.32 Å². The lowest BCUT2D eigenvalue weighted by atomic mass is 9.76. The van der Waals surface area contributed by atoms with E-state index >= 15 is 0 Å². The van der Waals surface area contributed by atoms with Gasteiger partial charge in [0, 0.05) is 13.1 Å². The third-order valence-electron chi connectivity index (χ3n) is 4.65. The first kappa shape index (κ1) is 14.3. The predicted octanol–water partition coefficient (Wildman–Crippen LogP) is 1.23. The molecule has 0 aromatic carbocycles. The van der Waals surface area contributed by atoms with Crippen molar-refractivity contribution in [2.75, 3.05) is 19.6 Å². The van der Waals surface area contributed by atoms with Crippen molar-refractivity contribution in [3.63, 3.8) is 0 Å². The monoisotopic (exact) mass is 268 g/mol. The summed E-state index contributed by atoms with van der Waals surface area (Å²) in [6.45, 7) is 4.27. The van der Waals surface area contributed by atoms with E-state index in [1.54, 1.807) is 4.90 Å². The molecule has 5 nitrogen and oxygen atoms in total. The zero-order valence-corrected chi connectivity index (χ0v) is 11.7. The van der Waals surface area contributed by atoms with Crippen molar-refractivity contribution in [1.29, 1.82) is 0 Å². The van der Waals surface area contributed by atoms with Crippen LogP contribution < -0.4 is 5.32 Å². The van der Waals surface area contributed by atoms with Gasteiger partial charge in [0.25, 0.3) is 0 Å². The molecule has 0 aromatic heterocycles. The fourth-order valence-electron chi connectivity index (χ4n) is 3.34. The molecule has 0 aliphatic carbocycles. The van der Waals surface area contributed by atoms with E-state index in [-0.39, 0.29) is 11.3 Å². The summed E-state index contributed by atoms with van der Waals surface area (Å²) in [5.74, 6) is -0.808. The molecule has 0 radical (unpaired) electrons. The van der Waals surface area contributed by atoms with Crippen molar-refractivity contribution < 1.29 is 14.7 Å². The first-order valence-electron chi connectivity index (χ1n) is 7.35. The van der Waals surface area contributed by atoms with Crippen LogP contribution in [0.1, 0.15) is 45.4 Å². The minimum Gasteiger partial charge on any atom is -0.480 e. The lowest BCUT2D eigenvalue weighted by Crippen LogP contribution is -2.57. The molecule has 108 valence electrons. The molecule has 0 saturated carbocycles. The first-order chi connectivity index (χ1) is 9.10. The predicted molar refractivity (Wildman–Crippen MR) is 71.8 cm³/mol. The molecule has 1 amide bonds. The van der Waals surface area contributed by atoms with Crippen molar-refractivity contribution in [2.24, 2.45) is 5.41 Å². The van der Waals surface area contributed by atoms with E-state index in [0.717, 1.165) is 38.6 Å². The Bertz CT molecular complexity index is 351. The maximum atomic E-state index is 12.8. The van der Waals surface area contributed by atoms with Crippen LogP contribution in [0.5, 0.6) is 0 Å². The van der Waals surface area contributed by atoms with Crippen molar-refractivity contribution in [2.45, 2.75) is 51.5 Å². The van der Waals surface area contributed by atoms with Crippen LogP contribution in [0.2, 0.25) is 0 Å². The summed E-state index contributed by atoms with van der Waals surface area (Å²) >= 11 is 0. The molecule has 2 heterocycles. The Labute approximate surface area is 114 Å². The molecule has 2 saturated heterocycles. The van der Waals surface area contributed by atoms with Crippen molar-refractivity contribution >= 4 is 11.9 Å². The molecule has 0 spiro atoms. The summed E-state index contributed by atoms with van der Waals surface area (Å²) in [6.07, 6.45) is 5.06. The van der Waals surface area contributed by atoms with Crippen molar-refractivity contribution in [1.82, 2.24) is 10.2 Å². The summed E-state index contributed by atoms with van der Waals surface area (Å²) in [4.78, 5) is 25.8. The van der Waals surface area contributed by atoms with Crippen molar-refractivity contribution in [3.8, 4) is 0 Å². The number of carbonyl (C=O) groups excluding carboxylic acids is 1. The number of hydrogen-bond donors (Lipinski definition) is 2. The smallest absolute Gasteiger partial charge is 0.326 e. The van der Waals surface area contributed by atoms with Crippen LogP contribution in [-0.4, -0.2) is 47.6 Å². The minimum absolute atomic E-state index is 0.0503. The average molecular weight is 268 g/mol. The number of rotatable bonds is 3. The van der Waals surface area contributed by atoms with Gasteiger partial charge in [-0.3, -0.25) is 4.79 Å². The van der Waals surface area contributed by atoms with E-state index in [1.165, 1.54) is 0 Å². The van der Waals surface area contributed by atoms with Gasteiger partial charge in [0.2, 0.25) is 5.91 Å². The van der Waals surface area contributed by atoms with E-state index in [1.807, 2.05) is 6.92 Å². The molecule has 19 heavy (non-hydrogen) atoms. The molecule has 2 aliphatic heterocycles. The lowest BCUT2D eigenvalue weighted by molar-refractivity contribution is -0.158. The highest BCUT2D eigenvalue weighted by atomic mass is 16.4. The van der Waals surface area contributed by atoms with Gasteiger partial charge in [-0.15, -0.1) is 0 Å². The third kappa shape index (κ3) is 2.76. The molecule has 0 bridgehead atoms. The molecule has 1 unspecified atom stereocenters. The number of piperidine rings is 2. The minimum atomic E-state index is -0.858. The summed E-state index contributed by atoms with van der Waals surface area (Å²) in [5.41, 5.74) is -0.386. The highest BCUT2D eigenvalue weighted by Crippen LogP contribution is 2.34. The number of carbonyl (C=O) groups is 2. The van der Waals surface area contributed by atoms with Crippen LogP contribution in [0.4, 0.5) is 0 Å². The highest BCUT2D eigenvalue weighted by molar-refractivity contribution is 5.88. The summed E-state index contributed by atoms with van der Waals surface area (Å²) in [7, 11) is 0. The molecular weight excluding hydrogens is 244 g/mol. The number of aliphatic carboxylic acids is 1. The topological polar surface area (TPSA) is 69.6 Å². The lowest BCUT2D eigenvalue weighted by Gasteiger charge is -2.43. The molecule has 2 N–H and O–H groups in total. The Morgan fingerprint density at radius 3 is 2.74 bits per heavy atom. The van der Waals surface area contributed by atoms with Gasteiger partial charge in [-0.05, 0) is 45.1 Å². The molecule has 2 rings (SSSR count). The molecule has 5 heteroatoms. The van der Waals surface area contributed by atoms with Crippen LogP contribution in [0.3, 0.4) is 0 Å². The normalized spacial score (nSPS) is 32.1. The number of carboxylic acids is 1. The standard InChI is InChI=1S/C14H24N2O3/c1-2-14(7-5-8-15-10-14)13(19)16-9-4-3-6-11(16)12(17)18/h11,15H,2-10H2,1H3,(H,17,18)/t11-,14?/m1/s1. The number of hydrogen-bond acceptors (Lipinski definition) is 3. The second-order valence-corrected chi connectivity index (χ2v) is 5.76. The molecule has 2 aliphatic rings. The Balaban J connectivity index is 2.17. The summed E-state index contributed by atoms with van der Waals surface area (Å²) in [6, 6.07) is -0.619. The highest BCUT2D eigenvalue weighted by Gasteiger charge is 2.44. The van der Waals surface area contributed by atoms with Gasteiger partial charge in [-0.1, -0.05) is 6.92 Å². The average Bonchev–Trinajstić information content (AvgIpc) is 2.47. The van der Waals surface area contributed by atoms with Crippen molar-refractivity contribution in [3.05, 3.63) is 0 Å². The second-order valence-electron chi connectivity index (χ2n) is 5.76. The number of amides is 1. The second kappa shape index (κ2) is 5.90. The molecule has 2 atom stereocenters. The zero-order valence-electron chi connectivity index (χ0n) is 11.7. The van der Waals surface area contributed by atoms with Crippen LogP contribution >= 0.6 is 0 Å². The first-order valence-corrected chi connectivity index (χ1v) is 7.35. The Kier molecular flexibility index (Phi) is 4.45. The maximum absolute atomic E-state index is 12.8. The van der Waals surface area contributed by atoms with E-state index < -0.39 is 12.0 Å². The maximum Gasteiger partial charge on any atom is 0.326 e. The largest absolute Gasteiger partial charge is 0.480 e. The van der Waals surface area contributed by atoms with Crippen LogP contribution in [0, 0.1) is 5.41 Å². The van der Waals surface area contributed by atoms with Crippen LogP contribution in [-0.2, 0) is 9.59 Å². The SMILES string of the molecule is CCC1(C(=O)N2CCCC[C@@H]2C(=O)O)CCCNC1.